The molecule has 9 nitrogen and oxygen atoms in total. The molecule has 0 aromatic carbocycles. The van der Waals surface area contributed by atoms with Gasteiger partial charge < -0.3 is 19.3 Å². The van der Waals surface area contributed by atoms with E-state index in [4.69, 9.17) is 19.6 Å². The van der Waals surface area contributed by atoms with Crippen molar-refractivity contribution >= 4 is 22.9 Å². The van der Waals surface area contributed by atoms with Crippen molar-refractivity contribution in [3.05, 3.63) is 42.6 Å². The van der Waals surface area contributed by atoms with Gasteiger partial charge in [0.15, 0.2) is 0 Å². The fourth-order valence-corrected chi connectivity index (χ4v) is 4.01. The highest BCUT2D eigenvalue weighted by atomic mass is 19.4. The van der Waals surface area contributed by atoms with Crippen molar-refractivity contribution < 1.29 is 32.6 Å². The number of hydrogen-bond acceptors (Lipinski definition) is 6. The molecule has 0 saturated carbocycles. The van der Waals surface area contributed by atoms with E-state index >= 15 is 0 Å². The SMILES string of the molecule is COCC(=O)N1CCC(c2cc3c(ncn3C(C)C)c(-c3cccnc3)n2)CC1.O=C(O)C(F)(F)F. The molecule has 1 aliphatic rings. The van der Waals surface area contributed by atoms with Crippen LogP contribution in [0.1, 0.15) is 44.3 Å². The molecule has 1 N–H and O–H groups in total. The van der Waals surface area contributed by atoms with Crippen LogP contribution in [0.25, 0.3) is 22.3 Å². The molecule has 3 aromatic rings. The Morgan fingerprint density at radius 3 is 2.44 bits per heavy atom. The van der Waals surface area contributed by atoms with E-state index < -0.39 is 12.1 Å². The topological polar surface area (TPSA) is 110 Å². The first-order valence-corrected chi connectivity index (χ1v) is 11.4. The molecule has 12 heteroatoms. The average Bonchev–Trinajstić information content (AvgIpc) is 3.28. The van der Waals surface area contributed by atoms with Crippen LogP contribution in [-0.2, 0) is 14.3 Å². The van der Waals surface area contributed by atoms with E-state index in [1.807, 2.05) is 29.6 Å². The number of rotatable bonds is 5. The molecule has 1 fully saturated rings. The number of likely N-dealkylation sites (tertiary alicyclic amines) is 1. The van der Waals surface area contributed by atoms with Crippen LogP contribution in [0, 0.1) is 0 Å². The van der Waals surface area contributed by atoms with Crippen LogP contribution in [0.3, 0.4) is 0 Å². The Hall–Kier alpha value is -3.54. The number of carboxylic acid groups (broad SMARTS) is 1. The molecule has 1 aliphatic heterocycles. The van der Waals surface area contributed by atoms with Gasteiger partial charge in [0.2, 0.25) is 5.91 Å². The van der Waals surface area contributed by atoms with Crippen LogP contribution < -0.4 is 0 Å². The number of carbonyl (C=O) groups is 2. The molecule has 0 aliphatic carbocycles. The normalized spacial score (nSPS) is 14.6. The van der Waals surface area contributed by atoms with Gasteiger partial charge in [0.05, 0.1) is 17.5 Å². The van der Waals surface area contributed by atoms with E-state index in [0.29, 0.717) is 12.0 Å². The zero-order valence-electron chi connectivity index (χ0n) is 20.2. The van der Waals surface area contributed by atoms with Crippen LogP contribution >= 0.6 is 0 Å². The summed E-state index contributed by atoms with van der Waals surface area (Å²) in [6, 6.07) is 6.44. The van der Waals surface area contributed by atoms with Gasteiger partial charge in [-0.3, -0.25) is 14.8 Å². The molecular formula is C24H28F3N5O4. The Labute approximate surface area is 205 Å². The molecule has 4 heterocycles. The molecule has 0 bridgehead atoms. The number of nitrogens with zero attached hydrogens (tertiary/aromatic N) is 5. The maximum Gasteiger partial charge on any atom is 0.490 e. The van der Waals surface area contributed by atoms with Crippen molar-refractivity contribution in [3.63, 3.8) is 0 Å². The largest absolute Gasteiger partial charge is 0.490 e. The first-order valence-electron chi connectivity index (χ1n) is 11.4. The number of carbonyl (C=O) groups excluding carboxylic acids is 1. The first kappa shape index (κ1) is 27.1. The summed E-state index contributed by atoms with van der Waals surface area (Å²) in [7, 11) is 1.56. The van der Waals surface area contributed by atoms with E-state index in [0.717, 1.165) is 53.9 Å². The summed E-state index contributed by atoms with van der Waals surface area (Å²) >= 11 is 0. The number of alkyl halides is 3. The van der Waals surface area contributed by atoms with Crippen molar-refractivity contribution in [1.82, 2.24) is 24.4 Å². The second-order valence-electron chi connectivity index (χ2n) is 8.64. The molecule has 4 rings (SSSR count). The van der Waals surface area contributed by atoms with Gasteiger partial charge in [0.1, 0.15) is 12.1 Å². The number of methoxy groups -OCH3 is 1. The van der Waals surface area contributed by atoms with Crippen molar-refractivity contribution in [2.45, 2.75) is 44.8 Å². The van der Waals surface area contributed by atoms with E-state index in [1.165, 1.54) is 0 Å². The molecular weight excluding hydrogens is 479 g/mol. The Bertz CT molecular complexity index is 1190. The maximum atomic E-state index is 12.1. The minimum absolute atomic E-state index is 0.0586. The maximum absolute atomic E-state index is 12.1. The predicted octanol–water partition coefficient (Wildman–Crippen LogP) is 4.06. The fraction of sp³-hybridized carbons (Fsp3) is 0.458. The van der Waals surface area contributed by atoms with E-state index in [-0.39, 0.29) is 12.5 Å². The molecule has 1 amide bonds. The summed E-state index contributed by atoms with van der Waals surface area (Å²) < 4.78 is 38.9. The predicted molar refractivity (Wildman–Crippen MR) is 125 cm³/mol. The molecule has 36 heavy (non-hydrogen) atoms. The van der Waals surface area contributed by atoms with Crippen LogP contribution in [0.4, 0.5) is 13.2 Å². The number of piperidine rings is 1. The highest BCUT2D eigenvalue weighted by molar-refractivity contribution is 5.90. The highest BCUT2D eigenvalue weighted by Gasteiger charge is 2.38. The fourth-order valence-electron chi connectivity index (χ4n) is 4.01. The minimum Gasteiger partial charge on any atom is -0.475 e. The van der Waals surface area contributed by atoms with Gasteiger partial charge in [-0.1, -0.05) is 0 Å². The van der Waals surface area contributed by atoms with Crippen LogP contribution in [0.5, 0.6) is 0 Å². The number of aromatic nitrogens is 4. The van der Waals surface area contributed by atoms with E-state index in [2.05, 4.69) is 34.4 Å². The lowest BCUT2D eigenvalue weighted by atomic mass is 9.92. The summed E-state index contributed by atoms with van der Waals surface area (Å²) in [5.41, 5.74) is 4.92. The third-order valence-corrected chi connectivity index (χ3v) is 5.85. The zero-order valence-corrected chi connectivity index (χ0v) is 20.2. The van der Waals surface area contributed by atoms with Gasteiger partial charge in [0.25, 0.3) is 0 Å². The standard InChI is InChI=1S/C22H27N5O2.C2HF3O2/c1-15(2)27-14-24-22-19(27)11-18(25-21(22)17-5-4-8-23-12-17)16-6-9-26(10-7-16)20(28)13-29-3;3-2(4,5)1(6)7/h4-5,8,11-12,14-16H,6-7,9-10,13H2,1-3H3;(H,6,7). The smallest absolute Gasteiger partial charge is 0.475 e. The molecule has 0 unspecified atom stereocenters. The Kier molecular flexibility index (Phi) is 8.62. The number of hydrogen-bond donors (Lipinski definition) is 1. The highest BCUT2D eigenvalue weighted by Crippen LogP contribution is 2.33. The van der Waals surface area contributed by atoms with Gasteiger partial charge in [-0.05, 0) is 44.9 Å². The molecule has 0 radical (unpaired) electrons. The number of amides is 1. The summed E-state index contributed by atoms with van der Waals surface area (Å²) in [6.45, 7) is 5.93. The molecule has 194 valence electrons. The van der Waals surface area contributed by atoms with Crippen molar-refractivity contribution in [3.8, 4) is 11.3 Å². The molecule has 0 atom stereocenters. The van der Waals surface area contributed by atoms with Crippen molar-refractivity contribution in [2.75, 3.05) is 26.8 Å². The summed E-state index contributed by atoms with van der Waals surface area (Å²) in [6.07, 6.45) is 2.22. The van der Waals surface area contributed by atoms with E-state index in [1.54, 1.807) is 13.3 Å². The van der Waals surface area contributed by atoms with Gasteiger partial charge in [-0.25, -0.2) is 9.78 Å². The monoisotopic (exact) mass is 507 g/mol. The third kappa shape index (κ3) is 6.36. The lowest BCUT2D eigenvalue weighted by molar-refractivity contribution is -0.192. The number of fused-ring (bicyclic) bond motifs is 1. The third-order valence-electron chi connectivity index (χ3n) is 5.85. The summed E-state index contributed by atoms with van der Waals surface area (Å²) in [5.74, 6) is -2.38. The molecule has 1 saturated heterocycles. The van der Waals surface area contributed by atoms with Gasteiger partial charge >= 0.3 is 12.1 Å². The average molecular weight is 508 g/mol. The van der Waals surface area contributed by atoms with E-state index in [9.17, 15) is 18.0 Å². The number of imidazole rings is 1. The number of carboxylic acids is 1. The summed E-state index contributed by atoms with van der Waals surface area (Å²) in [5, 5.41) is 7.12. The number of ether oxygens (including phenoxy) is 1. The molecule has 3 aromatic heterocycles. The molecule has 0 spiro atoms. The number of aliphatic carboxylic acids is 1. The Morgan fingerprint density at radius 2 is 1.92 bits per heavy atom. The lowest BCUT2D eigenvalue weighted by Gasteiger charge is -2.31. The number of pyridine rings is 2. The van der Waals surface area contributed by atoms with Crippen LogP contribution in [0.15, 0.2) is 36.9 Å². The lowest BCUT2D eigenvalue weighted by Crippen LogP contribution is -2.39. The summed E-state index contributed by atoms with van der Waals surface area (Å²) in [4.78, 5) is 36.9. The van der Waals surface area contributed by atoms with Crippen LogP contribution in [0.2, 0.25) is 0 Å². The van der Waals surface area contributed by atoms with Crippen LogP contribution in [-0.4, -0.2) is 74.4 Å². The van der Waals surface area contributed by atoms with Gasteiger partial charge in [-0.15, -0.1) is 0 Å². The quantitative estimate of drug-likeness (QED) is 0.555. The van der Waals surface area contributed by atoms with Crippen molar-refractivity contribution in [1.29, 1.82) is 0 Å². The Balaban J connectivity index is 0.000000454. The Morgan fingerprint density at radius 1 is 1.25 bits per heavy atom. The van der Waals surface area contributed by atoms with Gasteiger partial charge in [0, 0.05) is 55.8 Å². The van der Waals surface area contributed by atoms with Crippen molar-refractivity contribution in [2.24, 2.45) is 0 Å². The second-order valence-corrected chi connectivity index (χ2v) is 8.64. The first-order chi connectivity index (χ1) is 17.0. The number of halogens is 3. The minimum atomic E-state index is -5.08. The zero-order chi connectivity index (χ0) is 26.5. The van der Waals surface area contributed by atoms with Gasteiger partial charge in [-0.2, -0.15) is 13.2 Å². The second kappa shape index (κ2) is 11.5.